The number of fused-ring (bicyclic) bond motifs is 3. The number of benzene rings is 1. The SMILES string of the molecule is COc1ccc(-c2nnc3n2[C@H]2CCCC[C@@H]2N(C(=O)c2ccn[nH]2)C3)cc1OC. The van der Waals surface area contributed by atoms with Gasteiger partial charge in [-0.1, -0.05) is 12.8 Å². The van der Waals surface area contributed by atoms with Crippen LogP contribution in [0.25, 0.3) is 11.4 Å². The Morgan fingerprint density at radius 1 is 1.07 bits per heavy atom. The van der Waals surface area contributed by atoms with Gasteiger partial charge in [0.25, 0.3) is 5.91 Å². The summed E-state index contributed by atoms with van der Waals surface area (Å²) in [7, 11) is 3.24. The lowest BCUT2D eigenvalue weighted by Gasteiger charge is -2.44. The van der Waals surface area contributed by atoms with Gasteiger partial charge in [0.15, 0.2) is 23.1 Å². The fraction of sp³-hybridized carbons (Fsp3) is 0.429. The highest BCUT2D eigenvalue weighted by molar-refractivity contribution is 5.92. The number of aromatic amines is 1. The van der Waals surface area contributed by atoms with Crippen LogP contribution in [0.4, 0.5) is 0 Å². The first-order valence-electron chi connectivity index (χ1n) is 10.2. The standard InChI is InChI=1S/C21H24N6O3/c1-29-17-8-7-13(11-18(17)30-2)20-25-24-19-12-26(21(28)14-9-10-22-23-14)15-5-3-4-6-16(15)27(19)20/h7-11,15-16H,3-6,12H2,1-2H3,(H,22,23)/t15-,16-/m0/s1. The maximum absolute atomic E-state index is 13.1. The summed E-state index contributed by atoms with van der Waals surface area (Å²) in [5.74, 6) is 2.89. The molecule has 5 rings (SSSR count). The molecule has 1 saturated carbocycles. The number of hydrogen-bond donors (Lipinski definition) is 1. The zero-order valence-electron chi connectivity index (χ0n) is 17.0. The van der Waals surface area contributed by atoms with Crippen LogP contribution in [-0.4, -0.2) is 56.0 Å². The van der Waals surface area contributed by atoms with Crippen molar-refractivity contribution >= 4 is 5.91 Å². The molecule has 0 saturated heterocycles. The Kier molecular flexibility index (Phi) is 4.65. The minimum absolute atomic E-state index is 0.0358. The Labute approximate surface area is 174 Å². The van der Waals surface area contributed by atoms with Crippen LogP contribution in [0.3, 0.4) is 0 Å². The van der Waals surface area contributed by atoms with E-state index in [4.69, 9.17) is 9.47 Å². The van der Waals surface area contributed by atoms with Crippen LogP contribution in [0.2, 0.25) is 0 Å². The van der Waals surface area contributed by atoms with Crippen LogP contribution in [0.5, 0.6) is 11.5 Å². The first kappa shape index (κ1) is 18.7. The van der Waals surface area contributed by atoms with Crippen LogP contribution in [0.1, 0.15) is 48.0 Å². The lowest BCUT2D eigenvalue weighted by Crippen LogP contribution is -2.50. The van der Waals surface area contributed by atoms with E-state index in [-0.39, 0.29) is 18.0 Å². The molecule has 0 radical (unpaired) electrons. The summed E-state index contributed by atoms with van der Waals surface area (Å²) in [4.78, 5) is 15.1. The van der Waals surface area contributed by atoms with Crippen molar-refractivity contribution < 1.29 is 14.3 Å². The maximum Gasteiger partial charge on any atom is 0.272 e. The number of H-pyrrole nitrogens is 1. The number of ether oxygens (including phenoxy) is 2. The summed E-state index contributed by atoms with van der Waals surface area (Å²) in [6.45, 7) is 0.430. The quantitative estimate of drug-likeness (QED) is 0.713. The summed E-state index contributed by atoms with van der Waals surface area (Å²) in [6, 6.07) is 7.75. The second-order valence-electron chi connectivity index (χ2n) is 7.70. The van der Waals surface area contributed by atoms with Gasteiger partial charge in [-0.15, -0.1) is 10.2 Å². The minimum Gasteiger partial charge on any atom is -0.493 e. The van der Waals surface area contributed by atoms with Gasteiger partial charge in [0.1, 0.15) is 5.69 Å². The monoisotopic (exact) mass is 408 g/mol. The number of methoxy groups -OCH3 is 2. The molecule has 2 aromatic heterocycles. The molecule has 1 N–H and O–H groups in total. The predicted octanol–water partition coefficient (Wildman–Crippen LogP) is 2.83. The predicted molar refractivity (Wildman–Crippen MR) is 108 cm³/mol. The van der Waals surface area contributed by atoms with E-state index in [1.165, 1.54) is 0 Å². The van der Waals surface area contributed by atoms with Gasteiger partial charge in [0, 0.05) is 11.8 Å². The summed E-state index contributed by atoms with van der Waals surface area (Å²) in [5.41, 5.74) is 1.43. The van der Waals surface area contributed by atoms with Gasteiger partial charge in [-0.2, -0.15) is 5.10 Å². The third-order valence-electron chi connectivity index (χ3n) is 6.14. The molecule has 9 nitrogen and oxygen atoms in total. The molecule has 3 heterocycles. The van der Waals surface area contributed by atoms with Crippen molar-refractivity contribution in [1.82, 2.24) is 29.9 Å². The number of nitrogens with zero attached hydrogens (tertiary/aromatic N) is 5. The van der Waals surface area contributed by atoms with E-state index in [2.05, 4.69) is 25.0 Å². The zero-order chi connectivity index (χ0) is 20.7. The third kappa shape index (κ3) is 2.92. The highest BCUT2D eigenvalue weighted by Gasteiger charge is 2.41. The molecular weight excluding hydrogens is 384 g/mol. The van der Waals surface area contributed by atoms with Crippen LogP contribution < -0.4 is 9.47 Å². The molecule has 0 bridgehead atoms. The number of hydrogen-bond acceptors (Lipinski definition) is 6. The van der Waals surface area contributed by atoms with Gasteiger partial charge in [0.2, 0.25) is 0 Å². The van der Waals surface area contributed by atoms with E-state index in [9.17, 15) is 4.79 Å². The average Bonchev–Trinajstić information content (AvgIpc) is 3.48. The Bertz CT molecular complexity index is 1060. The molecule has 9 heteroatoms. The maximum atomic E-state index is 13.1. The van der Waals surface area contributed by atoms with Gasteiger partial charge in [-0.25, -0.2) is 0 Å². The first-order valence-corrected chi connectivity index (χ1v) is 10.2. The molecule has 1 aliphatic carbocycles. The molecule has 156 valence electrons. The summed E-state index contributed by atoms with van der Waals surface area (Å²) >= 11 is 0. The molecule has 3 aromatic rings. The number of carbonyl (C=O) groups excluding carboxylic acids is 1. The van der Waals surface area contributed by atoms with E-state index in [0.29, 0.717) is 23.7 Å². The lowest BCUT2D eigenvalue weighted by atomic mass is 9.87. The topological polar surface area (TPSA) is 98.2 Å². The van der Waals surface area contributed by atoms with Gasteiger partial charge in [0.05, 0.1) is 32.8 Å². The Morgan fingerprint density at radius 3 is 2.60 bits per heavy atom. The zero-order valence-corrected chi connectivity index (χ0v) is 17.0. The van der Waals surface area contributed by atoms with Gasteiger partial charge in [-0.3, -0.25) is 9.89 Å². The fourth-order valence-electron chi connectivity index (χ4n) is 4.73. The Balaban J connectivity index is 1.56. The molecule has 0 spiro atoms. The van der Waals surface area contributed by atoms with Crippen molar-refractivity contribution in [3.05, 3.63) is 42.0 Å². The molecule has 1 fully saturated rings. The van der Waals surface area contributed by atoms with Crippen molar-refractivity contribution in [1.29, 1.82) is 0 Å². The highest BCUT2D eigenvalue weighted by Crippen LogP contribution is 2.41. The van der Waals surface area contributed by atoms with E-state index in [0.717, 1.165) is 42.9 Å². The molecule has 2 aliphatic rings. The summed E-state index contributed by atoms with van der Waals surface area (Å²) in [5, 5.41) is 15.7. The van der Waals surface area contributed by atoms with Crippen LogP contribution >= 0.6 is 0 Å². The smallest absolute Gasteiger partial charge is 0.272 e. The van der Waals surface area contributed by atoms with Crippen molar-refractivity contribution in [3.8, 4) is 22.9 Å². The van der Waals surface area contributed by atoms with Gasteiger partial charge >= 0.3 is 0 Å². The molecule has 1 aliphatic heterocycles. The van der Waals surface area contributed by atoms with Crippen molar-refractivity contribution in [2.75, 3.05) is 14.2 Å². The Hall–Kier alpha value is -3.36. The fourth-order valence-corrected chi connectivity index (χ4v) is 4.73. The van der Waals surface area contributed by atoms with Gasteiger partial charge in [-0.05, 0) is 37.1 Å². The highest BCUT2D eigenvalue weighted by atomic mass is 16.5. The summed E-state index contributed by atoms with van der Waals surface area (Å²) in [6.07, 6.45) is 5.79. The molecule has 1 amide bonds. The van der Waals surface area contributed by atoms with Crippen LogP contribution in [0, 0.1) is 0 Å². The number of nitrogens with one attached hydrogen (secondary N) is 1. The van der Waals surface area contributed by atoms with E-state index >= 15 is 0 Å². The van der Waals surface area contributed by atoms with Crippen LogP contribution in [-0.2, 0) is 6.54 Å². The average molecular weight is 408 g/mol. The summed E-state index contributed by atoms with van der Waals surface area (Å²) < 4.78 is 13.1. The van der Waals surface area contributed by atoms with E-state index in [1.54, 1.807) is 26.5 Å². The minimum atomic E-state index is -0.0358. The molecule has 2 atom stereocenters. The van der Waals surface area contributed by atoms with Crippen molar-refractivity contribution in [2.45, 2.75) is 44.3 Å². The van der Waals surface area contributed by atoms with Crippen molar-refractivity contribution in [3.63, 3.8) is 0 Å². The third-order valence-corrected chi connectivity index (χ3v) is 6.14. The largest absolute Gasteiger partial charge is 0.493 e. The normalized spacial score (nSPS) is 20.4. The number of carbonyl (C=O) groups is 1. The second kappa shape index (κ2) is 7.47. The first-order chi connectivity index (χ1) is 14.7. The number of amides is 1. The lowest BCUT2D eigenvalue weighted by molar-refractivity contribution is 0.0415. The molecule has 1 aromatic carbocycles. The molecule has 30 heavy (non-hydrogen) atoms. The Morgan fingerprint density at radius 2 is 1.87 bits per heavy atom. The van der Waals surface area contributed by atoms with Crippen molar-refractivity contribution in [2.24, 2.45) is 0 Å². The number of rotatable bonds is 4. The molecule has 0 unspecified atom stereocenters. The van der Waals surface area contributed by atoms with E-state index < -0.39 is 0 Å². The van der Waals surface area contributed by atoms with Crippen LogP contribution in [0.15, 0.2) is 30.5 Å². The second-order valence-corrected chi connectivity index (χ2v) is 7.70. The molecular formula is C21H24N6O3. The number of aromatic nitrogens is 5. The van der Waals surface area contributed by atoms with Gasteiger partial charge < -0.3 is 18.9 Å². The van der Waals surface area contributed by atoms with E-state index in [1.807, 2.05) is 23.1 Å².